The van der Waals surface area contributed by atoms with Crippen LogP contribution in [0.5, 0.6) is 0 Å². The fourth-order valence-corrected chi connectivity index (χ4v) is 2.00. The number of nitrogens with two attached hydrogens (primary N) is 1. The maximum absolute atomic E-state index is 11.7. The number of likely N-dealkylation sites (N-methyl/N-ethyl adjacent to an activating group) is 1. The Kier molecular flexibility index (Phi) is 3.09. The largest absolute Gasteiger partial charge is 0.382 e. The van der Waals surface area contributed by atoms with Gasteiger partial charge < -0.3 is 16.0 Å². The van der Waals surface area contributed by atoms with Crippen LogP contribution in [0.15, 0.2) is 6.07 Å². The van der Waals surface area contributed by atoms with Crippen molar-refractivity contribution in [3.05, 3.63) is 11.8 Å². The molecule has 0 spiro atoms. The summed E-state index contributed by atoms with van der Waals surface area (Å²) < 4.78 is 0. The molecule has 1 amide bonds. The molecule has 4 N–H and O–H groups in total. The summed E-state index contributed by atoms with van der Waals surface area (Å²) in [6.07, 6.45) is 2.34. The zero-order valence-corrected chi connectivity index (χ0v) is 9.36. The fourth-order valence-electron chi connectivity index (χ4n) is 2.00. The van der Waals surface area contributed by atoms with Gasteiger partial charge in [0.25, 0.3) is 5.91 Å². The van der Waals surface area contributed by atoms with E-state index in [9.17, 15) is 4.79 Å². The van der Waals surface area contributed by atoms with Gasteiger partial charge in [-0.05, 0) is 26.4 Å². The Morgan fingerprint density at radius 3 is 3.19 bits per heavy atom. The predicted octanol–water partition coefficient (Wildman–Crippen LogP) is -0.184. The molecule has 1 fully saturated rings. The van der Waals surface area contributed by atoms with Crippen molar-refractivity contribution in [3.63, 3.8) is 0 Å². The van der Waals surface area contributed by atoms with Crippen molar-refractivity contribution in [1.29, 1.82) is 0 Å². The number of anilines is 1. The van der Waals surface area contributed by atoms with E-state index < -0.39 is 0 Å². The lowest BCUT2D eigenvalue weighted by atomic mass is 10.2. The molecule has 1 aliphatic heterocycles. The number of carbonyl (C=O) groups is 1. The molecule has 1 aromatic rings. The molecule has 1 saturated heterocycles. The van der Waals surface area contributed by atoms with Crippen molar-refractivity contribution in [1.82, 2.24) is 20.4 Å². The summed E-state index contributed by atoms with van der Waals surface area (Å²) in [5.41, 5.74) is 5.84. The highest BCUT2D eigenvalue weighted by Gasteiger charge is 2.21. The van der Waals surface area contributed by atoms with E-state index in [0.29, 0.717) is 24.1 Å². The Hall–Kier alpha value is -1.56. The topological polar surface area (TPSA) is 87.0 Å². The minimum atomic E-state index is -0.149. The monoisotopic (exact) mass is 223 g/mol. The van der Waals surface area contributed by atoms with Gasteiger partial charge in [0.15, 0.2) is 0 Å². The Morgan fingerprint density at radius 1 is 1.81 bits per heavy atom. The molecule has 0 bridgehead atoms. The first-order valence-electron chi connectivity index (χ1n) is 5.46. The van der Waals surface area contributed by atoms with Gasteiger partial charge in [0.05, 0.1) is 0 Å². The Bertz CT molecular complexity index is 375. The molecule has 0 saturated carbocycles. The van der Waals surface area contributed by atoms with Crippen molar-refractivity contribution >= 4 is 11.7 Å². The van der Waals surface area contributed by atoms with Crippen LogP contribution in [0.4, 0.5) is 5.82 Å². The molecule has 88 valence electrons. The van der Waals surface area contributed by atoms with E-state index in [0.717, 1.165) is 13.0 Å². The summed E-state index contributed by atoms with van der Waals surface area (Å²) in [5.74, 6) is 0.188. The standard InChI is InChI=1S/C10H17N5O/c1-15-4-2-3-7(15)6-12-10(16)8-5-9(11)14-13-8/h5,7H,2-4,6H2,1H3,(H,12,16)(H3,11,13,14). The van der Waals surface area contributed by atoms with Gasteiger partial charge in [-0.1, -0.05) is 0 Å². The molecule has 6 heteroatoms. The number of nitrogen functional groups attached to an aromatic ring is 1. The molecule has 1 atom stereocenters. The Balaban J connectivity index is 1.84. The first-order valence-corrected chi connectivity index (χ1v) is 5.46. The first-order chi connectivity index (χ1) is 7.66. The van der Waals surface area contributed by atoms with Gasteiger partial charge in [0.1, 0.15) is 11.5 Å². The lowest BCUT2D eigenvalue weighted by Gasteiger charge is -2.19. The minimum Gasteiger partial charge on any atom is -0.382 e. The summed E-state index contributed by atoms with van der Waals surface area (Å²) in [5, 5.41) is 9.18. The number of rotatable bonds is 3. The van der Waals surface area contributed by atoms with Crippen molar-refractivity contribution < 1.29 is 4.79 Å². The zero-order valence-electron chi connectivity index (χ0n) is 9.36. The van der Waals surface area contributed by atoms with Crippen LogP contribution >= 0.6 is 0 Å². The van der Waals surface area contributed by atoms with Crippen LogP contribution < -0.4 is 11.1 Å². The SMILES string of the molecule is CN1CCCC1CNC(=O)c1cc(N)n[nH]1. The van der Waals surface area contributed by atoms with Gasteiger partial charge in [-0.3, -0.25) is 9.89 Å². The second-order valence-electron chi connectivity index (χ2n) is 4.19. The molecule has 1 unspecified atom stereocenters. The molecule has 6 nitrogen and oxygen atoms in total. The minimum absolute atomic E-state index is 0.149. The number of nitrogens with one attached hydrogen (secondary N) is 2. The summed E-state index contributed by atoms with van der Waals surface area (Å²) in [4.78, 5) is 13.9. The summed E-state index contributed by atoms with van der Waals surface area (Å²) in [7, 11) is 2.08. The van der Waals surface area contributed by atoms with Crippen LogP contribution in [0.3, 0.4) is 0 Å². The number of likely N-dealkylation sites (tertiary alicyclic amines) is 1. The normalized spacial score (nSPS) is 21.2. The smallest absolute Gasteiger partial charge is 0.269 e. The molecule has 0 aromatic carbocycles. The van der Waals surface area contributed by atoms with E-state index in [1.165, 1.54) is 12.5 Å². The third kappa shape index (κ3) is 2.33. The van der Waals surface area contributed by atoms with Crippen LogP contribution in [0.2, 0.25) is 0 Å². The maximum Gasteiger partial charge on any atom is 0.269 e. The second-order valence-corrected chi connectivity index (χ2v) is 4.19. The van der Waals surface area contributed by atoms with Gasteiger partial charge >= 0.3 is 0 Å². The molecular formula is C10H17N5O. The van der Waals surface area contributed by atoms with Crippen LogP contribution in [0.1, 0.15) is 23.3 Å². The van der Waals surface area contributed by atoms with Crippen molar-refractivity contribution in [2.45, 2.75) is 18.9 Å². The van der Waals surface area contributed by atoms with E-state index >= 15 is 0 Å². The fraction of sp³-hybridized carbons (Fsp3) is 0.600. The molecule has 1 aromatic heterocycles. The highest BCUT2D eigenvalue weighted by molar-refractivity contribution is 5.92. The second kappa shape index (κ2) is 4.52. The van der Waals surface area contributed by atoms with E-state index in [-0.39, 0.29) is 5.91 Å². The van der Waals surface area contributed by atoms with E-state index in [2.05, 4.69) is 27.5 Å². The zero-order chi connectivity index (χ0) is 11.5. The average Bonchev–Trinajstić information content (AvgIpc) is 2.84. The van der Waals surface area contributed by atoms with E-state index in [1.54, 1.807) is 0 Å². The Labute approximate surface area is 94.2 Å². The number of hydrogen-bond acceptors (Lipinski definition) is 4. The van der Waals surface area contributed by atoms with Gasteiger partial charge in [-0.15, -0.1) is 0 Å². The van der Waals surface area contributed by atoms with Gasteiger partial charge in [0.2, 0.25) is 0 Å². The summed E-state index contributed by atoms with van der Waals surface area (Å²) in [6.45, 7) is 1.78. The predicted molar refractivity (Wildman–Crippen MR) is 61.0 cm³/mol. The molecule has 2 rings (SSSR count). The number of amides is 1. The van der Waals surface area contributed by atoms with Crippen LogP contribution in [0, 0.1) is 0 Å². The quantitative estimate of drug-likeness (QED) is 0.663. The van der Waals surface area contributed by atoms with Gasteiger partial charge in [-0.2, -0.15) is 5.10 Å². The highest BCUT2D eigenvalue weighted by atomic mass is 16.1. The number of carbonyl (C=O) groups excluding carboxylic acids is 1. The van der Waals surface area contributed by atoms with Crippen LogP contribution in [-0.4, -0.2) is 47.2 Å². The van der Waals surface area contributed by atoms with Crippen molar-refractivity contribution in [2.24, 2.45) is 0 Å². The number of hydrogen-bond donors (Lipinski definition) is 3. The molecule has 2 heterocycles. The molecule has 0 aliphatic carbocycles. The lowest BCUT2D eigenvalue weighted by Crippen LogP contribution is -2.38. The average molecular weight is 223 g/mol. The van der Waals surface area contributed by atoms with E-state index in [4.69, 9.17) is 5.73 Å². The summed E-state index contributed by atoms with van der Waals surface area (Å²) in [6, 6.07) is 1.98. The van der Waals surface area contributed by atoms with Crippen LogP contribution in [0.25, 0.3) is 0 Å². The van der Waals surface area contributed by atoms with Gasteiger partial charge in [-0.25, -0.2) is 0 Å². The maximum atomic E-state index is 11.7. The Morgan fingerprint density at radius 2 is 2.62 bits per heavy atom. The van der Waals surface area contributed by atoms with Gasteiger partial charge in [0, 0.05) is 18.7 Å². The number of H-pyrrole nitrogens is 1. The summed E-state index contributed by atoms with van der Waals surface area (Å²) >= 11 is 0. The van der Waals surface area contributed by atoms with Crippen molar-refractivity contribution in [3.8, 4) is 0 Å². The molecule has 1 aliphatic rings. The molecule has 0 radical (unpaired) electrons. The third-order valence-corrected chi connectivity index (χ3v) is 3.01. The third-order valence-electron chi connectivity index (χ3n) is 3.01. The number of aromatic amines is 1. The molecular weight excluding hydrogens is 206 g/mol. The first kappa shape index (κ1) is 10.9. The molecule has 16 heavy (non-hydrogen) atoms. The number of nitrogens with zero attached hydrogens (tertiary/aromatic N) is 2. The van der Waals surface area contributed by atoms with Crippen LogP contribution in [-0.2, 0) is 0 Å². The van der Waals surface area contributed by atoms with Crippen molar-refractivity contribution in [2.75, 3.05) is 25.9 Å². The highest BCUT2D eigenvalue weighted by Crippen LogP contribution is 2.13. The lowest BCUT2D eigenvalue weighted by molar-refractivity contribution is 0.0938. The number of aromatic nitrogens is 2. The van der Waals surface area contributed by atoms with E-state index in [1.807, 2.05) is 0 Å².